The smallest absolute Gasteiger partial charge is 0.229 e. The Morgan fingerprint density at radius 3 is 3.08 bits per heavy atom. The van der Waals surface area contributed by atoms with Crippen LogP contribution >= 0.6 is 12.6 Å². The fourth-order valence-corrected chi connectivity index (χ4v) is 1.49. The molecule has 2 unspecified atom stereocenters. The van der Waals surface area contributed by atoms with Crippen molar-refractivity contribution in [2.75, 3.05) is 12.4 Å². The van der Waals surface area contributed by atoms with E-state index in [1.807, 2.05) is 6.92 Å². The molecular weight excluding hydrogens is 174 g/mol. The summed E-state index contributed by atoms with van der Waals surface area (Å²) in [5.41, 5.74) is 0. The summed E-state index contributed by atoms with van der Waals surface area (Å²) in [6, 6.07) is 0.286. The maximum Gasteiger partial charge on any atom is 0.229 e. The number of ether oxygens (including phenoxy) is 1. The first-order chi connectivity index (χ1) is 5.72. The van der Waals surface area contributed by atoms with E-state index in [4.69, 9.17) is 4.74 Å². The van der Waals surface area contributed by atoms with Crippen LogP contribution in [0.1, 0.15) is 19.8 Å². The summed E-state index contributed by atoms with van der Waals surface area (Å²) in [5, 5.41) is 2.90. The first kappa shape index (κ1) is 9.86. The van der Waals surface area contributed by atoms with Crippen LogP contribution in [0.3, 0.4) is 0 Å². The van der Waals surface area contributed by atoms with E-state index in [1.54, 1.807) is 0 Å². The summed E-state index contributed by atoms with van der Waals surface area (Å²) in [6.07, 6.45) is 2.10. The molecule has 70 valence electrons. The van der Waals surface area contributed by atoms with Crippen molar-refractivity contribution in [2.24, 2.45) is 0 Å². The normalized spacial score (nSPS) is 29.8. The van der Waals surface area contributed by atoms with E-state index in [9.17, 15) is 4.79 Å². The number of carbonyl (C=O) groups is 1. The predicted molar refractivity (Wildman–Crippen MR) is 50.4 cm³/mol. The third-order valence-electron chi connectivity index (χ3n) is 1.99. The monoisotopic (exact) mass is 189 g/mol. The minimum absolute atomic E-state index is 0.0115. The van der Waals surface area contributed by atoms with Crippen LogP contribution in [0.4, 0.5) is 0 Å². The topological polar surface area (TPSA) is 38.3 Å². The van der Waals surface area contributed by atoms with Gasteiger partial charge in [-0.05, 0) is 19.8 Å². The minimum atomic E-state index is 0.0115. The second-order valence-corrected chi connectivity index (χ2v) is 3.44. The lowest BCUT2D eigenvalue weighted by molar-refractivity contribution is -0.120. The van der Waals surface area contributed by atoms with Crippen LogP contribution in [0.5, 0.6) is 0 Å². The number of nitrogens with one attached hydrogen (secondary N) is 1. The predicted octanol–water partition coefficient (Wildman–Crippen LogP) is 0.600. The lowest BCUT2D eigenvalue weighted by Crippen LogP contribution is -2.41. The van der Waals surface area contributed by atoms with Crippen molar-refractivity contribution in [3.8, 4) is 0 Å². The van der Waals surface area contributed by atoms with Gasteiger partial charge in [-0.15, -0.1) is 0 Å². The highest BCUT2D eigenvalue weighted by Crippen LogP contribution is 2.12. The average molecular weight is 189 g/mol. The van der Waals surface area contributed by atoms with Crippen LogP contribution < -0.4 is 5.32 Å². The first-order valence-corrected chi connectivity index (χ1v) is 4.87. The molecule has 3 nitrogen and oxygen atoms in total. The summed E-state index contributed by atoms with van der Waals surface area (Å²) in [5.74, 6) is 0.281. The molecule has 0 aromatic carbocycles. The molecule has 4 heteroatoms. The number of carbonyl (C=O) groups excluding carboxylic acids is 1. The fraction of sp³-hybridized carbons (Fsp3) is 0.875. The van der Waals surface area contributed by atoms with E-state index >= 15 is 0 Å². The Labute approximate surface area is 78.3 Å². The van der Waals surface area contributed by atoms with E-state index in [0.29, 0.717) is 0 Å². The molecule has 0 spiro atoms. The number of rotatable bonds is 2. The molecule has 0 bridgehead atoms. The van der Waals surface area contributed by atoms with Crippen LogP contribution in [-0.4, -0.2) is 30.4 Å². The van der Waals surface area contributed by atoms with Crippen LogP contribution in [0.2, 0.25) is 0 Å². The van der Waals surface area contributed by atoms with Gasteiger partial charge in [0.1, 0.15) is 0 Å². The Balaban J connectivity index is 2.27. The van der Waals surface area contributed by atoms with E-state index in [0.717, 1.165) is 19.4 Å². The van der Waals surface area contributed by atoms with Crippen LogP contribution in [0.15, 0.2) is 0 Å². The molecule has 1 aliphatic rings. The molecule has 1 aliphatic heterocycles. The number of hydrogen-bond acceptors (Lipinski definition) is 3. The summed E-state index contributed by atoms with van der Waals surface area (Å²) in [4.78, 5) is 11.0. The summed E-state index contributed by atoms with van der Waals surface area (Å²) in [6.45, 7) is 2.78. The zero-order chi connectivity index (χ0) is 8.97. The first-order valence-electron chi connectivity index (χ1n) is 4.24. The SMILES string of the molecule is CC1CC(NC(=O)CS)CCO1. The maximum atomic E-state index is 11.0. The van der Waals surface area contributed by atoms with Gasteiger partial charge >= 0.3 is 0 Å². The second-order valence-electron chi connectivity index (χ2n) is 3.13. The van der Waals surface area contributed by atoms with Crippen molar-refractivity contribution < 1.29 is 9.53 Å². The standard InChI is InChI=1S/C8H15NO2S/c1-6-4-7(2-3-11-6)9-8(10)5-12/h6-7,12H,2-5H2,1H3,(H,9,10). The van der Waals surface area contributed by atoms with E-state index in [1.165, 1.54) is 0 Å². The molecule has 1 fully saturated rings. The third kappa shape index (κ3) is 3.03. The largest absolute Gasteiger partial charge is 0.378 e. The Morgan fingerprint density at radius 2 is 2.50 bits per heavy atom. The van der Waals surface area contributed by atoms with Crippen molar-refractivity contribution in [1.82, 2.24) is 5.32 Å². The van der Waals surface area contributed by atoms with Gasteiger partial charge < -0.3 is 10.1 Å². The Bertz CT molecular complexity index is 163. The molecule has 1 saturated heterocycles. The molecule has 2 atom stereocenters. The molecule has 1 amide bonds. The third-order valence-corrected chi connectivity index (χ3v) is 2.28. The van der Waals surface area contributed by atoms with Gasteiger partial charge in [-0.25, -0.2) is 0 Å². The van der Waals surface area contributed by atoms with Gasteiger partial charge in [-0.3, -0.25) is 4.79 Å². The quantitative estimate of drug-likeness (QED) is 0.624. The summed E-state index contributed by atoms with van der Waals surface area (Å²) in [7, 11) is 0. The highest BCUT2D eigenvalue weighted by Gasteiger charge is 2.19. The molecule has 1 heterocycles. The average Bonchev–Trinajstić information content (AvgIpc) is 2.04. The molecule has 0 saturated carbocycles. The van der Waals surface area contributed by atoms with Gasteiger partial charge in [0, 0.05) is 12.6 Å². The zero-order valence-corrected chi connectivity index (χ0v) is 8.14. The number of hydrogen-bond donors (Lipinski definition) is 2. The van der Waals surface area contributed by atoms with E-state index in [-0.39, 0.29) is 23.8 Å². The highest BCUT2D eigenvalue weighted by molar-refractivity contribution is 7.81. The van der Waals surface area contributed by atoms with Gasteiger partial charge in [0.2, 0.25) is 5.91 Å². The Hall–Kier alpha value is -0.220. The molecule has 1 N–H and O–H groups in total. The Morgan fingerprint density at radius 1 is 1.75 bits per heavy atom. The van der Waals surface area contributed by atoms with Crippen LogP contribution in [-0.2, 0) is 9.53 Å². The number of amides is 1. The van der Waals surface area contributed by atoms with E-state index in [2.05, 4.69) is 17.9 Å². The van der Waals surface area contributed by atoms with Gasteiger partial charge in [-0.1, -0.05) is 0 Å². The molecule has 0 radical (unpaired) electrons. The second kappa shape index (κ2) is 4.72. The van der Waals surface area contributed by atoms with Crippen LogP contribution in [0, 0.1) is 0 Å². The summed E-state index contributed by atoms with van der Waals surface area (Å²) >= 11 is 3.89. The number of thiol groups is 1. The van der Waals surface area contributed by atoms with Crippen molar-refractivity contribution >= 4 is 18.5 Å². The molecule has 0 aromatic rings. The van der Waals surface area contributed by atoms with Crippen molar-refractivity contribution in [2.45, 2.75) is 31.9 Å². The minimum Gasteiger partial charge on any atom is -0.378 e. The maximum absolute atomic E-state index is 11.0. The van der Waals surface area contributed by atoms with Crippen molar-refractivity contribution in [3.05, 3.63) is 0 Å². The lowest BCUT2D eigenvalue weighted by atomic mass is 10.0. The zero-order valence-electron chi connectivity index (χ0n) is 7.25. The van der Waals surface area contributed by atoms with Gasteiger partial charge in [-0.2, -0.15) is 12.6 Å². The highest BCUT2D eigenvalue weighted by atomic mass is 32.1. The molecule has 0 aromatic heterocycles. The molecular formula is C8H15NO2S. The van der Waals surface area contributed by atoms with Crippen LogP contribution in [0.25, 0.3) is 0 Å². The molecule has 1 rings (SSSR count). The van der Waals surface area contributed by atoms with Crippen molar-refractivity contribution in [3.63, 3.8) is 0 Å². The van der Waals surface area contributed by atoms with Gasteiger partial charge in [0.15, 0.2) is 0 Å². The van der Waals surface area contributed by atoms with Gasteiger partial charge in [0.25, 0.3) is 0 Å². The van der Waals surface area contributed by atoms with Gasteiger partial charge in [0.05, 0.1) is 11.9 Å². The molecule has 12 heavy (non-hydrogen) atoms. The Kier molecular flexibility index (Phi) is 3.88. The summed E-state index contributed by atoms with van der Waals surface area (Å²) < 4.78 is 5.35. The fourth-order valence-electron chi connectivity index (χ4n) is 1.40. The van der Waals surface area contributed by atoms with E-state index < -0.39 is 0 Å². The molecule has 0 aliphatic carbocycles. The lowest BCUT2D eigenvalue weighted by Gasteiger charge is -2.27. The van der Waals surface area contributed by atoms with Crippen molar-refractivity contribution in [1.29, 1.82) is 0 Å².